The lowest BCUT2D eigenvalue weighted by molar-refractivity contribution is 0.0326. The Hall–Kier alpha value is -0.860. The fourth-order valence-corrected chi connectivity index (χ4v) is 5.47. The lowest BCUT2D eigenvalue weighted by Crippen LogP contribution is -2.38. The van der Waals surface area contributed by atoms with Crippen molar-refractivity contribution in [3.05, 3.63) is 35.5 Å². The van der Waals surface area contributed by atoms with E-state index in [-0.39, 0.29) is 17.6 Å². The first-order chi connectivity index (χ1) is 10.9. The van der Waals surface area contributed by atoms with Gasteiger partial charge in [-0.1, -0.05) is 50.1 Å². The largest absolute Gasteiger partial charge is 0.393 e. The highest BCUT2D eigenvalue weighted by atomic mass is 16.3. The van der Waals surface area contributed by atoms with E-state index >= 15 is 0 Å². The van der Waals surface area contributed by atoms with Crippen molar-refractivity contribution in [2.24, 2.45) is 17.3 Å². The van der Waals surface area contributed by atoms with E-state index in [1.807, 2.05) is 0 Å². The van der Waals surface area contributed by atoms with Crippen LogP contribution in [0.2, 0.25) is 0 Å². The van der Waals surface area contributed by atoms with Crippen LogP contribution in [0.25, 0.3) is 0 Å². The minimum Gasteiger partial charge on any atom is -0.393 e. The summed E-state index contributed by atoms with van der Waals surface area (Å²) < 4.78 is 0. The van der Waals surface area contributed by atoms with Gasteiger partial charge in [-0.05, 0) is 67.8 Å². The van der Waals surface area contributed by atoms with E-state index in [1.165, 1.54) is 36.0 Å². The first-order valence-corrected chi connectivity index (χ1v) is 9.38. The zero-order valence-corrected chi connectivity index (χ0v) is 14.7. The fraction of sp³-hybridized carbons (Fsp3) is 0.714. The maximum Gasteiger partial charge on any atom is 0.0583 e. The van der Waals surface area contributed by atoms with Crippen LogP contribution in [-0.2, 0) is 0 Å². The summed E-state index contributed by atoms with van der Waals surface area (Å²) in [5.74, 6) is 1.36. The molecule has 3 fully saturated rings. The third-order valence-electron chi connectivity index (χ3n) is 6.81. The molecule has 0 radical (unpaired) electrons. The van der Waals surface area contributed by atoms with E-state index in [2.05, 4.69) is 32.6 Å². The highest BCUT2D eigenvalue weighted by Crippen LogP contribution is 2.58. The first-order valence-electron chi connectivity index (χ1n) is 9.38. The Morgan fingerprint density at radius 1 is 1.13 bits per heavy atom. The summed E-state index contributed by atoms with van der Waals surface area (Å²) in [4.78, 5) is 0. The highest BCUT2D eigenvalue weighted by Gasteiger charge is 2.50. The smallest absolute Gasteiger partial charge is 0.0583 e. The second-order valence-electron chi connectivity index (χ2n) is 8.24. The van der Waals surface area contributed by atoms with E-state index in [4.69, 9.17) is 0 Å². The normalized spacial score (nSPS) is 44.8. The lowest BCUT2D eigenvalue weighted by atomic mass is 9.62. The van der Waals surface area contributed by atoms with Gasteiger partial charge in [-0.25, -0.2) is 0 Å². The topological polar surface area (TPSA) is 40.5 Å². The summed E-state index contributed by atoms with van der Waals surface area (Å²) in [6.45, 7) is 8.84. The summed E-state index contributed by atoms with van der Waals surface area (Å²) in [5, 5.41) is 20.3. The van der Waals surface area contributed by atoms with Crippen LogP contribution < -0.4 is 0 Å². The van der Waals surface area contributed by atoms with Gasteiger partial charge in [0.25, 0.3) is 0 Å². The summed E-state index contributed by atoms with van der Waals surface area (Å²) in [6, 6.07) is 0. The molecule has 0 saturated heterocycles. The molecule has 0 bridgehead atoms. The number of hydrogen-bond acceptors (Lipinski definition) is 2. The van der Waals surface area contributed by atoms with E-state index in [0.29, 0.717) is 5.92 Å². The monoisotopic (exact) mass is 316 g/mol. The number of allylic oxidation sites excluding steroid dienone is 3. The average Bonchev–Trinajstić information content (AvgIpc) is 2.83. The highest BCUT2D eigenvalue weighted by molar-refractivity contribution is 5.36. The van der Waals surface area contributed by atoms with Crippen molar-refractivity contribution in [1.82, 2.24) is 0 Å². The molecule has 0 heterocycles. The molecular weight excluding hydrogens is 284 g/mol. The molecule has 3 rings (SSSR count). The molecule has 5 atom stereocenters. The SMILES string of the molecule is C=C1CC[C@@H](O)CC1=CC=C1C[C@H](O)C[C@]2(C)[C@@H](CC)CC[C@@H]12. The first kappa shape index (κ1) is 17.0. The quantitative estimate of drug-likeness (QED) is 0.785. The molecule has 3 aliphatic rings. The van der Waals surface area contributed by atoms with Crippen LogP contribution in [0.5, 0.6) is 0 Å². The molecule has 3 saturated carbocycles. The van der Waals surface area contributed by atoms with E-state index in [1.54, 1.807) is 0 Å². The molecule has 128 valence electrons. The van der Waals surface area contributed by atoms with Crippen molar-refractivity contribution in [3.63, 3.8) is 0 Å². The Morgan fingerprint density at radius 3 is 2.65 bits per heavy atom. The zero-order valence-electron chi connectivity index (χ0n) is 14.7. The van der Waals surface area contributed by atoms with Crippen LogP contribution in [-0.4, -0.2) is 22.4 Å². The molecule has 0 aliphatic heterocycles. The Kier molecular flexibility index (Phi) is 4.85. The molecular formula is C21H32O2. The molecule has 3 aliphatic carbocycles. The third kappa shape index (κ3) is 3.21. The summed E-state index contributed by atoms with van der Waals surface area (Å²) in [7, 11) is 0. The summed E-state index contributed by atoms with van der Waals surface area (Å²) in [6.07, 6.45) is 12.0. The Balaban J connectivity index is 1.85. The van der Waals surface area contributed by atoms with Gasteiger partial charge in [0.05, 0.1) is 12.2 Å². The van der Waals surface area contributed by atoms with Gasteiger partial charge < -0.3 is 10.2 Å². The zero-order chi connectivity index (χ0) is 16.6. The number of hydrogen-bond donors (Lipinski definition) is 2. The molecule has 0 aromatic heterocycles. The van der Waals surface area contributed by atoms with Gasteiger partial charge in [-0.3, -0.25) is 0 Å². The molecule has 0 aromatic rings. The minimum atomic E-state index is -0.219. The van der Waals surface area contributed by atoms with Crippen LogP contribution in [0.1, 0.15) is 65.2 Å². The molecule has 2 N–H and O–H groups in total. The second-order valence-corrected chi connectivity index (χ2v) is 8.24. The van der Waals surface area contributed by atoms with E-state index in [0.717, 1.165) is 38.0 Å². The second kappa shape index (κ2) is 6.57. The Bertz CT molecular complexity index is 530. The molecule has 0 spiro atoms. The van der Waals surface area contributed by atoms with Crippen LogP contribution in [0.15, 0.2) is 35.5 Å². The summed E-state index contributed by atoms with van der Waals surface area (Å²) >= 11 is 0. The lowest BCUT2D eigenvalue weighted by Gasteiger charge is -2.44. The van der Waals surface area contributed by atoms with Crippen molar-refractivity contribution in [3.8, 4) is 0 Å². The summed E-state index contributed by atoms with van der Waals surface area (Å²) in [5.41, 5.74) is 4.05. The number of rotatable bonds is 2. The molecule has 2 nitrogen and oxygen atoms in total. The van der Waals surface area contributed by atoms with Gasteiger partial charge in [-0.15, -0.1) is 0 Å². The molecule has 0 unspecified atom stereocenters. The molecule has 0 aromatic carbocycles. The number of aliphatic hydroxyl groups excluding tert-OH is 2. The minimum absolute atomic E-state index is 0.201. The molecule has 2 heteroatoms. The predicted molar refractivity (Wildman–Crippen MR) is 95.0 cm³/mol. The maximum atomic E-state index is 10.4. The average molecular weight is 316 g/mol. The van der Waals surface area contributed by atoms with Gasteiger partial charge in [0.15, 0.2) is 0 Å². The van der Waals surface area contributed by atoms with E-state index in [9.17, 15) is 10.2 Å². The molecule has 23 heavy (non-hydrogen) atoms. The third-order valence-corrected chi connectivity index (χ3v) is 6.81. The van der Waals surface area contributed by atoms with Crippen molar-refractivity contribution in [1.29, 1.82) is 0 Å². The van der Waals surface area contributed by atoms with Crippen LogP contribution in [0.3, 0.4) is 0 Å². The van der Waals surface area contributed by atoms with Crippen LogP contribution in [0, 0.1) is 17.3 Å². The molecule has 0 amide bonds. The van der Waals surface area contributed by atoms with Gasteiger partial charge >= 0.3 is 0 Å². The van der Waals surface area contributed by atoms with Gasteiger partial charge in [0, 0.05) is 0 Å². The Labute approximate surface area is 141 Å². The van der Waals surface area contributed by atoms with Crippen molar-refractivity contribution in [2.75, 3.05) is 0 Å². The standard InChI is InChI=1S/C21H32O2/c1-4-17-8-10-20-16(12-19(23)13-21(17,20)3)7-6-15-11-18(22)9-5-14(15)2/h6-7,17-20,22-23H,2,4-5,8-13H2,1,3H3/t17-,18+,19-,20-,21+/m0/s1. The number of aliphatic hydroxyl groups is 2. The van der Waals surface area contributed by atoms with Crippen molar-refractivity contribution >= 4 is 0 Å². The number of fused-ring (bicyclic) bond motifs is 1. The van der Waals surface area contributed by atoms with Gasteiger partial charge in [0.1, 0.15) is 0 Å². The predicted octanol–water partition coefficient (Wildman–Crippen LogP) is 4.54. The Morgan fingerprint density at radius 2 is 1.91 bits per heavy atom. The van der Waals surface area contributed by atoms with Crippen LogP contribution in [0.4, 0.5) is 0 Å². The van der Waals surface area contributed by atoms with Crippen molar-refractivity contribution < 1.29 is 10.2 Å². The fourth-order valence-electron chi connectivity index (χ4n) is 5.47. The van der Waals surface area contributed by atoms with Crippen LogP contribution >= 0.6 is 0 Å². The van der Waals surface area contributed by atoms with E-state index < -0.39 is 0 Å². The van der Waals surface area contributed by atoms with Gasteiger partial charge in [-0.2, -0.15) is 0 Å². The van der Waals surface area contributed by atoms with Crippen molar-refractivity contribution in [2.45, 2.75) is 77.4 Å². The van der Waals surface area contributed by atoms with Gasteiger partial charge in [0.2, 0.25) is 0 Å². The maximum absolute atomic E-state index is 10.4.